The van der Waals surface area contributed by atoms with Gasteiger partial charge in [0.2, 0.25) is 5.91 Å². The molecule has 3 N–H and O–H groups in total. The normalized spacial score (nSPS) is 9.56. The van der Waals surface area contributed by atoms with Crippen molar-refractivity contribution in [1.29, 1.82) is 0 Å². The average Bonchev–Trinajstić information content (AvgIpc) is 2.27. The number of amides is 2. The van der Waals surface area contributed by atoms with Crippen molar-refractivity contribution in [1.82, 2.24) is 10.9 Å². The Morgan fingerprint density at radius 1 is 1.31 bits per heavy atom. The summed E-state index contributed by atoms with van der Waals surface area (Å²) in [6.45, 7) is 0. The summed E-state index contributed by atoms with van der Waals surface area (Å²) in [4.78, 5) is 22.5. The van der Waals surface area contributed by atoms with Crippen molar-refractivity contribution in [2.45, 2.75) is 0 Å². The highest BCUT2D eigenvalue weighted by Gasteiger charge is 2.10. The molecule has 0 aliphatic heterocycles. The van der Waals surface area contributed by atoms with E-state index in [4.69, 9.17) is 0 Å². The number of benzene rings is 1. The maximum absolute atomic E-state index is 11.5. The zero-order chi connectivity index (χ0) is 12.0. The molecule has 1 aromatic rings. The standard InChI is InChI=1S/C10H12N2O3S/c1-16-6-9(14)11-12-10(15)7-4-2-3-5-8(7)13/h2-5,13H,6H2,1H3,(H,11,14)(H,12,15). The Kier molecular flexibility index (Phi) is 4.65. The molecule has 0 saturated carbocycles. The van der Waals surface area contributed by atoms with E-state index in [1.807, 2.05) is 0 Å². The van der Waals surface area contributed by atoms with E-state index in [0.717, 1.165) is 0 Å². The van der Waals surface area contributed by atoms with Crippen molar-refractivity contribution in [3.05, 3.63) is 29.8 Å². The minimum absolute atomic E-state index is 0.118. The van der Waals surface area contributed by atoms with E-state index in [1.165, 1.54) is 23.9 Å². The van der Waals surface area contributed by atoms with Gasteiger partial charge < -0.3 is 5.11 Å². The Hall–Kier alpha value is -1.69. The van der Waals surface area contributed by atoms with Crippen LogP contribution in [0.4, 0.5) is 0 Å². The first-order valence-electron chi connectivity index (χ1n) is 4.51. The van der Waals surface area contributed by atoms with Gasteiger partial charge in [0.05, 0.1) is 11.3 Å². The van der Waals surface area contributed by atoms with Gasteiger partial charge in [0.25, 0.3) is 5.91 Å². The van der Waals surface area contributed by atoms with Crippen molar-refractivity contribution in [2.75, 3.05) is 12.0 Å². The van der Waals surface area contributed by atoms with Crippen LogP contribution in [0.5, 0.6) is 5.75 Å². The fourth-order valence-corrected chi connectivity index (χ4v) is 1.36. The van der Waals surface area contributed by atoms with E-state index in [2.05, 4.69) is 10.9 Å². The quantitative estimate of drug-likeness (QED) is 0.673. The van der Waals surface area contributed by atoms with Gasteiger partial charge in [-0.15, -0.1) is 0 Å². The molecular weight excluding hydrogens is 228 g/mol. The van der Waals surface area contributed by atoms with E-state index < -0.39 is 5.91 Å². The van der Waals surface area contributed by atoms with Crippen LogP contribution in [0.1, 0.15) is 10.4 Å². The van der Waals surface area contributed by atoms with Gasteiger partial charge in [-0.25, -0.2) is 0 Å². The molecular formula is C10H12N2O3S. The second-order valence-corrected chi connectivity index (χ2v) is 3.82. The number of para-hydroxylation sites is 1. The molecule has 0 fully saturated rings. The average molecular weight is 240 g/mol. The zero-order valence-corrected chi connectivity index (χ0v) is 9.50. The summed E-state index contributed by atoms with van der Waals surface area (Å²) >= 11 is 1.35. The van der Waals surface area contributed by atoms with E-state index in [-0.39, 0.29) is 23.0 Å². The lowest BCUT2D eigenvalue weighted by atomic mass is 10.2. The Labute approximate surface area is 97.2 Å². The van der Waals surface area contributed by atoms with Crippen LogP contribution < -0.4 is 10.9 Å². The minimum atomic E-state index is -0.549. The third kappa shape index (κ3) is 3.47. The summed E-state index contributed by atoms with van der Waals surface area (Å²) in [5.41, 5.74) is 4.57. The van der Waals surface area contributed by atoms with E-state index in [9.17, 15) is 14.7 Å². The maximum Gasteiger partial charge on any atom is 0.273 e. The van der Waals surface area contributed by atoms with Crippen LogP contribution in [-0.2, 0) is 4.79 Å². The molecule has 86 valence electrons. The van der Waals surface area contributed by atoms with Gasteiger partial charge in [0.15, 0.2) is 0 Å². The first-order valence-corrected chi connectivity index (χ1v) is 5.90. The predicted octanol–water partition coefficient (Wildman–Crippen LogP) is 0.516. The molecule has 1 aromatic carbocycles. The summed E-state index contributed by atoms with van der Waals surface area (Å²) in [5, 5.41) is 9.37. The number of carbonyl (C=O) groups is 2. The van der Waals surface area contributed by atoms with Gasteiger partial charge in [0.1, 0.15) is 5.75 Å². The van der Waals surface area contributed by atoms with Gasteiger partial charge in [-0.05, 0) is 18.4 Å². The lowest BCUT2D eigenvalue weighted by Gasteiger charge is -2.07. The van der Waals surface area contributed by atoms with Crippen LogP contribution in [0.2, 0.25) is 0 Å². The molecule has 0 unspecified atom stereocenters. The van der Waals surface area contributed by atoms with Crippen molar-refractivity contribution in [3.8, 4) is 5.75 Å². The summed E-state index contributed by atoms with van der Waals surface area (Å²) in [6.07, 6.45) is 1.78. The lowest BCUT2D eigenvalue weighted by Crippen LogP contribution is -2.42. The highest BCUT2D eigenvalue weighted by atomic mass is 32.2. The Bertz CT molecular complexity index is 395. The second-order valence-electron chi connectivity index (χ2n) is 2.95. The second kappa shape index (κ2) is 6.02. The minimum Gasteiger partial charge on any atom is -0.507 e. The van der Waals surface area contributed by atoms with Crippen molar-refractivity contribution >= 4 is 23.6 Å². The smallest absolute Gasteiger partial charge is 0.273 e. The molecule has 0 bridgehead atoms. The number of phenols is 1. The van der Waals surface area contributed by atoms with E-state index >= 15 is 0 Å². The van der Waals surface area contributed by atoms with Crippen LogP contribution in [0.3, 0.4) is 0 Å². The van der Waals surface area contributed by atoms with Crippen LogP contribution in [0.25, 0.3) is 0 Å². The number of hydrogen-bond acceptors (Lipinski definition) is 4. The molecule has 0 aliphatic carbocycles. The summed E-state index contributed by atoms with van der Waals surface area (Å²) < 4.78 is 0. The van der Waals surface area contributed by atoms with Gasteiger partial charge >= 0.3 is 0 Å². The van der Waals surface area contributed by atoms with Gasteiger partial charge in [-0.1, -0.05) is 12.1 Å². The number of aromatic hydroxyl groups is 1. The third-order valence-corrected chi connectivity index (χ3v) is 2.29. The predicted molar refractivity (Wildman–Crippen MR) is 62.1 cm³/mol. The molecule has 0 atom stereocenters. The number of rotatable bonds is 3. The van der Waals surface area contributed by atoms with Crippen LogP contribution in [0, 0.1) is 0 Å². The van der Waals surface area contributed by atoms with Crippen LogP contribution in [-0.4, -0.2) is 28.9 Å². The number of phenolic OH excluding ortho intramolecular Hbond substituents is 1. The molecule has 0 aromatic heterocycles. The highest BCUT2D eigenvalue weighted by molar-refractivity contribution is 7.99. The number of hydrogen-bond donors (Lipinski definition) is 3. The molecule has 0 heterocycles. The fraction of sp³-hybridized carbons (Fsp3) is 0.200. The maximum atomic E-state index is 11.5. The Morgan fingerprint density at radius 3 is 2.62 bits per heavy atom. The topological polar surface area (TPSA) is 78.4 Å². The molecule has 1 rings (SSSR count). The Balaban J connectivity index is 2.54. The third-order valence-electron chi connectivity index (χ3n) is 1.74. The van der Waals surface area contributed by atoms with Crippen molar-refractivity contribution < 1.29 is 14.7 Å². The van der Waals surface area contributed by atoms with Crippen LogP contribution in [0.15, 0.2) is 24.3 Å². The lowest BCUT2D eigenvalue weighted by molar-refractivity contribution is -0.119. The molecule has 0 spiro atoms. The fourth-order valence-electron chi connectivity index (χ4n) is 1.03. The molecule has 0 saturated heterocycles. The summed E-state index contributed by atoms with van der Waals surface area (Å²) in [5.74, 6) is -0.705. The molecule has 0 aliphatic rings. The van der Waals surface area contributed by atoms with E-state index in [0.29, 0.717) is 0 Å². The SMILES string of the molecule is CSCC(=O)NNC(=O)c1ccccc1O. The number of hydrazine groups is 1. The Morgan fingerprint density at radius 2 is 2.00 bits per heavy atom. The van der Waals surface area contributed by atoms with Gasteiger partial charge in [0, 0.05) is 0 Å². The molecule has 5 nitrogen and oxygen atoms in total. The molecule has 0 radical (unpaired) electrons. The largest absolute Gasteiger partial charge is 0.507 e. The first kappa shape index (κ1) is 12.4. The summed E-state index contributed by atoms with van der Waals surface area (Å²) in [7, 11) is 0. The van der Waals surface area contributed by atoms with E-state index in [1.54, 1.807) is 18.4 Å². The van der Waals surface area contributed by atoms with Crippen molar-refractivity contribution in [3.63, 3.8) is 0 Å². The monoisotopic (exact) mass is 240 g/mol. The molecule has 2 amide bonds. The summed E-state index contributed by atoms with van der Waals surface area (Å²) in [6, 6.07) is 6.10. The van der Waals surface area contributed by atoms with Crippen LogP contribution >= 0.6 is 11.8 Å². The number of nitrogens with one attached hydrogen (secondary N) is 2. The van der Waals surface area contributed by atoms with Gasteiger partial charge in [-0.2, -0.15) is 11.8 Å². The zero-order valence-electron chi connectivity index (χ0n) is 8.69. The van der Waals surface area contributed by atoms with Gasteiger partial charge in [-0.3, -0.25) is 20.4 Å². The number of carbonyl (C=O) groups excluding carboxylic acids is 2. The molecule has 16 heavy (non-hydrogen) atoms. The molecule has 6 heteroatoms. The number of thioether (sulfide) groups is 1. The first-order chi connectivity index (χ1) is 7.65. The highest BCUT2D eigenvalue weighted by Crippen LogP contribution is 2.14. The van der Waals surface area contributed by atoms with Crippen molar-refractivity contribution in [2.24, 2.45) is 0 Å².